The van der Waals surface area contributed by atoms with Crippen LogP contribution in [0.15, 0.2) is 12.1 Å². The van der Waals surface area contributed by atoms with E-state index in [-0.39, 0.29) is 5.92 Å². The molecular weight excluding hydrogens is 306 g/mol. The summed E-state index contributed by atoms with van der Waals surface area (Å²) < 4.78 is 29.9. The Morgan fingerprint density at radius 3 is 2.81 bits per heavy atom. The van der Waals surface area contributed by atoms with Gasteiger partial charge < -0.3 is 4.74 Å². The van der Waals surface area contributed by atoms with Crippen LogP contribution >= 0.6 is 11.3 Å². The lowest BCUT2D eigenvalue weighted by Gasteiger charge is -2.49. The molecule has 1 atom stereocenters. The van der Waals surface area contributed by atoms with Gasteiger partial charge in [0.25, 0.3) is 0 Å². The number of ether oxygens (including phenoxy) is 1. The van der Waals surface area contributed by atoms with E-state index in [0.717, 1.165) is 13.0 Å². The smallest absolute Gasteiger partial charge is 0.158 e. The fraction of sp³-hybridized carbons (Fsp3) is 0.733. The number of aryl methyl sites for hydroxylation is 1. The summed E-state index contributed by atoms with van der Waals surface area (Å²) in [5.74, 6) is 0.500. The van der Waals surface area contributed by atoms with Crippen LogP contribution in [0.3, 0.4) is 0 Å². The third kappa shape index (κ3) is 2.67. The summed E-state index contributed by atoms with van der Waals surface area (Å²) in [7, 11) is -2.97. The molecule has 0 unspecified atom stereocenters. The highest BCUT2D eigenvalue weighted by Crippen LogP contribution is 2.45. The van der Waals surface area contributed by atoms with Gasteiger partial charge in [-0.1, -0.05) is 0 Å². The normalized spacial score (nSPS) is 27.0. The van der Waals surface area contributed by atoms with Gasteiger partial charge in [-0.25, -0.2) is 8.42 Å². The zero-order chi connectivity index (χ0) is 15.1. The molecule has 2 saturated heterocycles. The lowest BCUT2D eigenvalue weighted by molar-refractivity contribution is 0.0297. The van der Waals surface area contributed by atoms with E-state index in [1.165, 1.54) is 9.75 Å². The third-order valence-electron chi connectivity index (χ3n) is 4.78. The Morgan fingerprint density at radius 1 is 1.43 bits per heavy atom. The molecule has 0 amide bonds. The highest BCUT2D eigenvalue weighted by Gasteiger charge is 2.61. The summed E-state index contributed by atoms with van der Waals surface area (Å²) in [6.07, 6.45) is 0.758. The van der Waals surface area contributed by atoms with Crippen molar-refractivity contribution in [3.63, 3.8) is 0 Å². The maximum atomic E-state index is 12.5. The van der Waals surface area contributed by atoms with Crippen molar-refractivity contribution in [3.05, 3.63) is 21.9 Å². The van der Waals surface area contributed by atoms with Gasteiger partial charge in [0.1, 0.15) is 4.75 Å². The molecule has 1 aromatic heterocycles. The van der Waals surface area contributed by atoms with Crippen molar-refractivity contribution in [2.45, 2.75) is 31.6 Å². The second-order valence-electron chi connectivity index (χ2n) is 6.19. The van der Waals surface area contributed by atoms with E-state index in [0.29, 0.717) is 32.1 Å². The zero-order valence-electron chi connectivity index (χ0n) is 12.7. The maximum Gasteiger partial charge on any atom is 0.158 e. The molecule has 4 nitrogen and oxygen atoms in total. The van der Waals surface area contributed by atoms with Crippen LogP contribution in [0.1, 0.15) is 23.1 Å². The van der Waals surface area contributed by atoms with Crippen LogP contribution in [0.25, 0.3) is 0 Å². The van der Waals surface area contributed by atoms with Gasteiger partial charge in [0, 0.05) is 41.9 Å². The molecule has 118 valence electrons. The van der Waals surface area contributed by atoms with Crippen molar-refractivity contribution in [2.75, 3.05) is 32.1 Å². The molecule has 2 aliphatic heterocycles. The molecule has 2 fully saturated rings. The highest BCUT2D eigenvalue weighted by atomic mass is 32.2. The molecule has 0 saturated carbocycles. The summed E-state index contributed by atoms with van der Waals surface area (Å²) in [5.41, 5.74) is 0. The maximum absolute atomic E-state index is 12.5. The predicted octanol–water partition coefficient (Wildman–Crippen LogP) is 2.08. The van der Waals surface area contributed by atoms with E-state index in [1.54, 1.807) is 11.3 Å². The first-order valence-electron chi connectivity index (χ1n) is 7.54. The summed E-state index contributed by atoms with van der Waals surface area (Å²) in [6, 6.07) is 4.27. The first-order valence-corrected chi connectivity index (χ1v) is 10.0. The highest BCUT2D eigenvalue weighted by molar-refractivity contribution is 7.93. The van der Waals surface area contributed by atoms with Gasteiger partial charge in [0.15, 0.2) is 9.84 Å². The molecule has 3 heterocycles. The first-order chi connectivity index (χ1) is 9.97. The number of hydrogen-bond donors (Lipinski definition) is 0. The van der Waals surface area contributed by atoms with Crippen molar-refractivity contribution in [1.82, 2.24) is 4.90 Å². The SMILES string of the molecule is CCOC[C@@H]1CCS(=O)(=O)C12CN(Cc1ccc(C)s1)C2. The molecule has 0 bridgehead atoms. The molecule has 1 spiro atoms. The van der Waals surface area contributed by atoms with Crippen LogP contribution in [-0.2, 0) is 21.1 Å². The quantitative estimate of drug-likeness (QED) is 0.830. The van der Waals surface area contributed by atoms with Gasteiger partial charge >= 0.3 is 0 Å². The largest absolute Gasteiger partial charge is 0.381 e. The lowest BCUT2D eigenvalue weighted by Crippen LogP contribution is -2.67. The first kappa shape index (κ1) is 15.5. The number of thiophene rings is 1. The molecule has 0 N–H and O–H groups in total. The number of likely N-dealkylation sites (tertiary alicyclic amines) is 1. The summed E-state index contributed by atoms with van der Waals surface area (Å²) in [4.78, 5) is 4.88. The van der Waals surface area contributed by atoms with Crippen molar-refractivity contribution < 1.29 is 13.2 Å². The lowest BCUT2D eigenvalue weighted by atomic mass is 9.83. The molecule has 0 aromatic carbocycles. The molecule has 21 heavy (non-hydrogen) atoms. The van der Waals surface area contributed by atoms with Crippen LogP contribution in [0.2, 0.25) is 0 Å². The number of hydrogen-bond acceptors (Lipinski definition) is 5. The van der Waals surface area contributed by atoms with Gasteiger partial charge in [-0.3, -0.25) is 4.90 Å². The molecule has 0 radical (unpaired) electrons. The summed E-state index contributed by atoms with van der Waals surface area (Å²) in [6.45, 7) is 7.52. The van der Waals surface area contributed by atoms with E-state index in [4.69, 9.17) is 4.74 Å². The van der Waals surface area contributed by atoms with Crippen LogP contribution in [0.4, 0.5) is 0 Å². The van der Waals surface area contributed by atoms with Crippen molar-refractivity contribution in [1.29, 1.82) is 0 Å². The van der Waals surface area contributed by atoms with Crippen molar-refractivity contribution in [2.24, 2.45) is 5.92 Å². The van der Waals surface area contributed by atoms with E-state index < -0.39 is 14.6 Å². The van der Waals surface area contributed by atoms with Crippen molar-refractivity contribution in [3.8, 4) is 0 Å². The van der Waals surface area contributed by atoms with Gasteiger partial charge in [0.05, 0.1) is 12.4 Å². The average Bonchev–Trinajstić information content (AvgIpc) is 2.89. The van der Waals surface area contributed by atoms with Gasteiger partial charge in [0.2, 0.25) is 0 Å². The predicted molar refractivity (Wildman–Crippen MR) is 85.5 cm³/mol. The molecule has 0 aliphatic carbocycles. The molecule has 1 aromatic rings. The molecule has 3 rings (SSSR count). The Bertz CT molecular complexity index is 602. The minimum Gasteiger partial charge on any atom is -0.381 e. The topological polar surface area (TPSA) is 46.6 Å². The number of sulfone groups is 1. The molecule has 2 aliphatic rings. The van der Waals surface area contributed by atoms with E-state index in [2.05, 4.69) is 24.0 Å². The Kier molecular flexibility index (Phi) is 4.16. The number of rotatable bonds is 5. The second kappa shape index (κ2) is 5.65. The summed E-state index contributed by atoms with van der Waals surface area (Å²) in [5, 5.41) is 0. The van der Waals surface area contributed by atoms with Crippen molar-refractivity contribution >= 4 is 21.2 Å². The fourth-order valence-corrected chi connectivity index (χ4v) is 6.97. The van der Waals surface area contributed by atoms with E-state index in [1.807, 2.05) is 6.92 Å². The Labute approximate surface area is 131 Å². The Balaban J connectivity index is 1.67. The average molecular weight is 329 g/mol. The van der Waals surface area contributed by atoms with Crippen LogP contribution < -0.4 is 0 Å². The van der Waals surface area contributed by atoms with Crippen LogP contribution in [-0.4, -0.2) is 50.1 Å². The zero-order valence-corrected chi connectivity index (χ0v) is 14.3. The monoisotopic (exact) mass is 329 g/mol. The molecule has 6 heteroatoms. The van der Waals surface area contributed by atoms with Crippen LogP contribution in [0, 0.1) is 12.8 Å². The summed E-state index contributed by atoms with van der Waals surface area (Å²) >= 11 is 1.80. The third-order valence-corrected chi connectivity index (χ3v) is 8.37. The van der Waals surface area contributed by atoms with Crippen LogP contribution in [0.5, 0.6) is 0 Å². The standard InChI is InChI=1S/C15H23NO3S2/c1-3-19-9-13-6-7-21(17,18)15(13)10-16(11-15)8-14-5-4-12(2)20-14/h4-5,13H,3,6-11H2,1-2H3/t13-/m0/s1. The minimum atomic E-state index is -2.97. The fourth-order valence-electron chi connectivity index (χ4n) is 3.58. The number of nitrogens with zero attached hydrogens (tertiary/aromatic N) is 1. The van der Waals surface area contributed by atoms with E-state index >= 15 is 0 Å². The van der Waals surface area contributed by atoms with Gasteiger partial charge in [-0.05, 0) is 32.4 Å². The second-order valence-corrected chi connectivity index (χ2v) is 10.0. The van der Waals surface area contributed by atoms with Gasteiger partial charge in [-0.15, -0.1) is 11.3 Å². The molecular formula is C15H23NO3S2. The van der Waals surface area contributed by atoms with Gasteiger partial charge in [-0.2, -0.15) is 0 Å². The minimum absolute atomic E-state index is 0.170. The van der Waals surface area contributed by atoms with E-state index in [9.17, 15) is 8.42 Å². The Hall–Kier alpha value is -0.430. The Morgan fingerprint density at radius 2 is 2.19 bits per heavy atom.